The first-order chi connectivity index (χ1) is 11.6. The number of ketones is 1. The molecule has 0 saturated heterocycles. The number of aliphatic hydroxyl groups is 1. The Bertz CT molecular complexity index is 632. The van der Waals surface area contributed by atoms with E-state index in [1.807, 2.05) is 55.5 Å². The van der Waals surface area contributed by atoms with Crippen molar-refractivity contribution >= 4 is 5.78 Å². The maximum Gasteiger partial charge on any atom is 0.210 e. The van der Waals surface area contributed by atoms with Crippen LogP contribution in [0.5, 0.6) is 11.5 Å². The van der Waals surface area contributed by atoms with Crippen LogP contribution in [-0.2, 0) is 11.2 Å². The van der Waals surface area contributed by atoms with Gasteiger partial charge in [0.05, 0.1) is 0 Å². The molecule has 0 bridgehead atoms. The van der Waals surface area contributed by atoms with Crippen molar-refractivity contribution in [2.24, 2.45) is 0 Å². The van der Waals surface area contributed by atoms with E-state index in [1.165, 1.54) is 0 Å². The van der Waals surface area contributed by atoms with Crippen molar-refractivity contribution in [3.8, 4) is 11.5 Å². The van der Waals surface area contributed by atoms with Gasteiger partial charge in [-0.3, -0.25) is 4.79 Å². The highest BCUT2D eigenvalue weighted by atomic mass is 16.5. The molecule has 0 spiro atoms. The summed E-state index contributed by atoms with van der Waals surface area (Å²) in [6, 6.07) is 15.2. The van der Waals surface area contributed by atoms with Crippen molar-refractivity contribution in [2.75, 3.05) is 13.2 Å². The van der Waals surface area contributed by atoms with E-state index in [-0.39, 0.29) is 19.0 Å². The summed E-state index contributed by atoms with van der Waals surface area (Å²) in [5.74, 6) is 1.22. The highest BCUT2D eigenvalue weighted by molar-refractivity contribution is 5.84. The van der Waals surface area contributed by atoms with Crippen molar-refractivity contribution in [1.29, 1.82) is 0 Å². The third kappa shape index (κ3) is 5.70. The number of benzene rings is 2. The molecule has 0 heterocycles. The first-order valence-corrected chi connectivity index (χ1v) is 8.17. The summed E-state index contributed by atoms with van der Waals surface area (Å²) < 4.78 is 11.2. The van der Waals surface area contributed by atoms with Gasteiger partial charge in [-0.15, -0.1) is 0 Å². The second kappa shape index (κ2) is 9.08. The van der Waals surface area contributed by atoms with Gasteiger partial charge in [-0.1, -0.05) is 29.8 Å². The molecule has 4 heteroatoms. The van der Waals surface area contributed by atoms with Crippen LogP contribution < -0.4 is 9.47 Å². The van der Waals surface area contributed by atoms with Crippen LogP contribution in [-0.4, -0.2) is 30.2 Å². The van der Waals surface area contributed by atoms with E-state index in [1.54, 1.807) is 6.92 Å². The van der Waals surface area contributed by atoms with E-state index in [0.717, 1.165) is 24.0 Å². The molecule has 2 rings (SSSR count). The topological polar surface area (TPSA) is 55.8 Å². The normalized spacial score (nSPS) is 11.8. The molecular formula is C20H24O4. The van der Waals surface area contributed by atoms with Crippen LogP contribution in [0.25, 0.3) is 0 Å². The fourth-order valence-electron chi connectivity index (χ4n) is 2.19. The van der Waals surface area contributed by atoms with Crippen LogP contribution in [0.4, 0.5) is 0 Å². The quantitative estimate of drug-likeness (QED) is 0.767. The van der Waals surface area contributed by atoms with Crippen molar-refractivity contribution in [3.63, 3.8) is 0 Å². The Morgan fingerprint density at radius 3 is 2.29 bits per heavy atom. The summed E-state index contributed by atoms with van der Waals surface area (Å²) in [4.78, 5) is 12.1. The number of ether oxygens (including phenoxy) is 2. The average Bonchev–Trinajstić information content (AvgIpc) is 2.60. The molecule has 0 aliphatic heterocycles. The molecule has 0 saturated carbocycles. The third-order valence-corrected chi connectivity index (χ3v) is 3.72. The molecule has 0 aliphatic rings. The zero-order valence-corrected chi connectivity index (χ0v) is 14.2. The van der Waals surface area contributed by atoms with E-state index < -0.39 is 6.10 Å². The maximum atomic E-state index is 12.1. The number of aryl methyl sites for hydroxylation is 2. The van der Waals surface area contributed by atoms with Crippen molar-refractivity contribution in [2.45, 2.75) is 32.8 Å². The molecule has 0 radical (unpaired) electrons. The Balaban J connectivity index is 1.81. The van der Waals surface area contributed by atoms with Crippen LogP contribution in [0.2, 0.25) is 0 Å². The number of aliphatic hydroxyl groups excluding tert-OH is 1. The predicted octanol–water partition coefficient (Wildman–Crippen LogP) is 3.34. The smallest absolute Gasteiger partial charge is 0.210 e. The summed E-state index contributed by atoms with van der Waals surface area (Å²) in [6.45, 7) is 3.89. The highest BCUT2D eigenvalue weighted by Crippen LogP contribution is 2.16. The van der Waals surface area contributed by atoms with Crippen molar-refractivity contribution < 1.29 is 19.4 Å². The Morgan fingerprint density at radius 1 is 1.04 bits per heavy atom. The number of rotatable bonds is 9. The van der Waals surface area contributed by atoms with Crippen LogP contribution >= 0.6 is 0 Å². The molecule has 0 amide bonds. The van der Waals surface area contributed by atoms with Crippen LogP contribution in [0.1, 0.15) is 24.5 Å². The molecule has 4 nitrogen and oxygen atoms in total. The Morgan fingerprint density at radius 2 is 1.67 bits per heavy atom. The summed E-state index contributed by atoms with van der Waals surface area (Å²) >= 11 is 0. The minimum Gasteiger partial charge on any atom is -0.486 e. The van der Waals surface area contributed by atoms with Gasteiger partial charge in [0.2, 0.25) is 5.78 Å². The van der Waals surface area contributed by atoms with Crippen molar-refractivity contribution in [3.05, 3.63) is 59.7 Å². The number of hydrogen-bond donors (Lipinski definition) is 1. The molecule has 0 aliphatic carbocycles. The van der Waals surface area contributed by atoms with E-state index in [2.05, 4.69) is 0 Å². The number of Topliss-reactive ketones (excluding diaryl/α,β-unsaturated/α-hetero) is 1. The molecule has 2 aromatic rings. The van der Waals surface area contributed by atoms with Gasteiger partial charge in [0, 0.05) is 6.61 Å². The molecule has 1 N–H and O–H groups in total. The van der Waals surface area contributed by atoms with Gasteiger partial charge < -0.3 is 14.6 Å². The second-order valence-electron chi connectivity index (χ2n) is 5.80. The lowest BCUT2D eigenvalue weighted by molar-refractivity contribution is -0.127. The standard InChI is InChI=1S/C20H24O4/c1-15-5-9-18(10-6-15)23-14-20(22)16(2)24-19-11-7-17(8-12-19)4-3-13-21/h5-12,16,21H,3-4,13-14H2,1-2H3. The van der Waals surface area contributed by atoms with Gasteiger partial charge in [0.15, 0.2) is 12.7 Å². The van der Waals surface area contributed by atoms with Gasteiger partial charge in [-0.25, -0.2) is 0 Å². The minimum absolute atomic E-state index is 0.0151. The fourth-order valence-corrected chi connectivity index (χ4v) is 2.19. The number of hydrogen-bond acceptors (Lipinski definition) is 4. The molecule has 2 aromatic carbocycles. The molecule has 128 valence electrons. The fraction of sp³-hybridized carbons (Fsp3) is 0.350. The third-order valence-electron chi connectivity index (χ3n) is 3.72. The Labute approximate surface area is 143 Å². The number of carbonyl (C=O) groups excluding carboxylic acids is 1. The second-order valence-corrected chi connectivity index (χ2v) is 5.80. The van der Waals surface area contributed by atoms with E-state index in [0.29, 0.717) is 11.5 Å². The SMILES string of the molecule is Cc1ccc(OCC(=O)C(C)Oc2ccc(CCCO)cc2)cc1. The monoisotopic (exact) mass is 328 g/mol. The maximum absolute atomic E-state index is 12.1. The largest absolute Gasteiger partial charge is 0.486 e. The zero-order valence-electron chi connectivity index (χ0n) is 14.2. The summed E-state index contributed by atoms with van der Waals surface area (Å²) in [5.41, 5.74) is 2.28. The molecular weight excluding hydrogens is 304 g/mol. The van der Waals surface area contributed by atoms with E-state index in [4.69, 9.17) is 14.6 Å². The van der Waals surface area contributed by atoms with Gasteiger partial charge in [0.25, 0.3) is 0 Å². The minimum atomic E-state index is -0.571. The lowest BCUT2D eigenvalue weighted by Gasteiger charge is -2.14. The Hall–Kier alpha value is -2.33. The summed E-state index contributed by atoms with van der Waals surface area (Å²) in [7, 11) is 0. The van der Waals surface area contributed by atoms with Crippen LogP contribution in [0, 0.1) is 6.92 Å². The lowest BCUT2D eigenvalue weighted by atomic mass is 10.1. The Kier molecular flexibility index (Phi) is 6.82. The average molecular weight is 328 g/mol. The van der Waals surface area contributed by atoms with Gasteiger partial charge in [-0.05, 0) is 56.5 Å². The summed E-state index contributed by atoms with van der Waals surface area (Å²) in [5, 5.41) is 8.83. The van der Waals surface area contributed by atoms with Crippen molar-refractivity contribution in [1.82, 2.24) is 0 Å². The van der Waals surface area contributed by atoms with Gasteiger partial charge in [-0.2, -0.15) is 0 Å². The summed E-state index contributed by atoms with van der Waals surface area (Å²) in [6.07, 6.45) is 1.000. The first kappa shape index (κ1) is 18.0. The van der Waals surface area contributed by atoms with Gasteiger partial charge >= 0.3 is 0 Å². The molecule has 1 atom stereocenters. The van der Waals surface area contributed by atoms with Gasteiger partial charge in [0.1, 0.15) is 11.5 Å². The molecule has 1 unspecified atom stereocenters. The van der Waals surface area contributed by atoms with E-state index >= 15 is 0 Å². The number of carbonyl (C=O) groups is 1. The first-order valence-electron chi connectivity index (χ1n) is 8.17. The zero-order chi connectivity index (χ0) is 17.4. The highest BCUT2D eigenvalue weighted by Gasteiger charge is 2.15. The van der Waals surface area contributed by atoms with Crippen LogP contribution in [0.15, 0.2) is 48.5 Å². The lowest BCUT2D eigenvalue weighted by Crippen LogP contribution is -2.28. The molecule has 0 fully saturated rings. The predicted molar refractivity (Wildman–Crippen MR) is 93.6 cm³/mol. The van der Waals surface area contributed by atoms with Crippen LogP contribution in [0.3, 0.4) is 0 Å². The molecule has 24 heavy (non-hydrogen) atoms. The van der Waals surface area contributed by atoms with E-state index in [9.17, 15) is 4.79 Å². The molecule has 0 aromatic heterocycles.